The van der Waals surface area contributed by atoms with Crippen molar-refractivity contribution in [3.8, 4) is 0 Å². The van der Waals surface area contributed by atoms with Crippen LogP contribution < -0.4 is 10.6 Å². The molecule has 0 atom stereocenters. The number of nitrogens with zero attached hydrogens (tertiary/aromatic N) is 2. The molecule has 0 amide bonds. The third kappa shape index (κ3) is 2.53. The van der Waals surface area contributed by atoms with Gasteiger partial charge in [0, 0.05) is 13.1 Å². The molecular formula is C12H12F2N4. The molecule has 0 saturated heterocycles. The summed E-state index contributed by atoms with van der Waals surface area (Å²) in [6.45, 7) is 1.70. The van der Waals surface area contributed by atoms with Crippen molar-refractivity contribution in [1.82, 2.24) is 9.97 Å². The second-order valence-electron chi connectivity index (χ2n) is 3.66. The summed E-state index contributed by atoms with van der Waals surface area (Å²) in [5.41, 5.74) is -0.224. The molecule has 0 bridgehead atoms. The van der Waals surface area contributed by atoms with Gasteiger partial charge in [-0.15, -0.1) is 0 Å². The molecule has 2 aromatic rings. The number of hydrogen-bond acceptors (Lipinski definition) is 4. The number of nitrogens with one attached hydrogen (secondary N) is 2. The lowest BCUT2D eigenvalue weighted by Crippen LogP contribution is -2.03. The number of halogens is 2. The summed E-state index contributed by atoms with van der Waals surface area (Å²) >= 11 is 0. The highest BCUT2D eigenvalue weighted by Crippen LogP contribution is 2.23. The van der Waals surface area contributed by atoms with Crippen molar-refractivity contribution < 1.29 is 8.78 Å². The summed E-state index contributed by atoms with van der Waals surface area (Å²) in [6.07, 6.45) is 0. The van der Waals surface area contributed by atoms with Crippen LogP contribution >= 0.6 is 0 Å². The van der Waals surface area contributed by atoms with E-state index < -0.39 is 11.6 Å². The first-order valence-electron chi connectivity index (χ1n) is 5.34. The van der Waals surface area contributed by atoms with Crippen LogP contribution in [0.5, 0.6) is 0 Å². The number of para-hydroxylation sites is 1. The average molecular weight is 250 g/mol. The van der Waals surface area contributed by atoms with Gasteiger partial charge in [0.15, 0.2) is 0 Å². The molecule has 4 nitrogen and oxygen atoms in total. The van der Waals surface area contributed by atoms with Crippen LogP contribution in [-0.4, -0.2) is 17.0 Å². The molecule has 0 aliphatic carbocycles. The largest absolute Gasteiger partial charge is 0.373 e. The Balaban J connectivity index is 2.37. The maximum Gasteiger partial charge on any atom is 0.149 e. The first-order chi connectivity index (χ1) is 8.60. The van der Waals surface area contributed by atoms with E-state index in [1.165, 1.54) is 18.2 Å². The van der Waals surface area contributed by atoms with Crippen LogP contribution in [0.2, 0.25) is 0 Å². The minimum Gasteiger partial charge on any atom is -0.373 e. The molecule has 1 aromatic heterocycles. The molecule has 1 heterocycles. The molecule has 0 unspecified atom stereocenters. The van der Waals surface area contributed by atoms with E-state index >= 15 is 0 Å². The zero-order valence-corrected chi connectivity index (χ0v) is 9.96. The van der Waals surface area contributed by atoms with Crippen LogP contribution in [0.15, 0.2) is 24.3 Å². The first kappa shape index (κ1) is 12.2. The normalized spacial score (nSPS) is 10.2. The fourth-order valence-electron chi connectivity index (χ4n) is 1.51. The number of aryl methyl sites for hydroxylation is 1. The van der Waals surface area contributed by atoms with E-state index in [9.17, 15) is 8.78 Å². The number of anilines is 3. The quantitative estimate of drug-likeness (QED) is 0.879. The summed E-state index contributed by atoms with van der Waals surface area (Å²) in [5.74, 6) is 0.0632. The average Bonchev–Trinajstić information content (AvgIpc) is 2.33. The Morgan fingerprint density at radius 3 is 2.28 bits per heavy atom. The van der Waals surface area contributed by atoms with Gasteiger partial charge in [-0.25, -0.2) is 18.7 Å². The molecule has 0 saturated carbocycles. The Morgan fingerprint density at radius 1 is 1.06 bits per heavy atom. The second kappa shape index (κ2) is 4.95. The monoisotopic (exact) mass is 250 g/mol. The van der Waals surface area contributed by atoms with E-state index in [0.29, 0.717) is 17.5 Å². The van der Waals surface area contributed by atoms with Gasteiger partial charge in [-0.2, -0.15) is 0 Å². The number of rotatable bonds is 3. The van der Waals surface area contributed by atoms with Crippen LogP contribution in [-0.2, 0) is 0 Å². The Morgan fingerprint density at radius 2 is 1.67 bits per heavy atom. The lowest BCUT2D eigenvalue weighted by Gasteiger charge is -2.09. The smallest absolute Gasteiger partial charge is 0.149 e. The highest BCUT2D eigenvalue weighted by molar-refractivity contribution is 5.60. The number of aromatic nitrogens is 2. The van der Waals surface area contributed by atoms with Gasteiger partial charge in [0.1, 0.15) is 34.8 Å². The molecule has 2 rings (SSSR count). The molecule has 2 N–H and O–H groups in total. The van der Waals surface area contributed by atoms with Crippen molar-refractivity contribution in [2.24, 2.45) is 0 Å². The van der Waals surface area contributed by atoms with E-state index in [2.05, 4.69) is 20.6 Å². The van der Waals surface area contributed by atoms with Crippen molar-refractivity contribution in [2.45, 2.75) is 6.92 Å². The summed E-state index contributed by atoms with van der Waals surface area (Å²) in [4.78, 5) is 8.15. The third-order valence-corrected chi connectivity index (χ3v) is 2.31. The fourth-order valence-corrected chi connectivity index (χ4v) is 1.51. The van der Waals surface area contributed by atoms with Crippen LogP contribution in [0.25, 0.3) is 0 Å². The van der Waals surface area contributed by atoms with Crippen molar-refractivity contribution in [3.05, 3.63) is 41.7 Å². The zero-order chi connectivity index (χ0) is 13.1. The molecule has 1 aromatic carbocycles. The van der Waals surface area contributed by atoms with Crippen LogP contribution in [0.4, 0.5) is 26.1 Å². The van der Waals surface area contributed by atoms with Crippen molar-refractivity contribution in [2.75, 3.05) is 17.7 Å². The third-order valence-electron chi connectivity index (χ3n) is 2.31. The fraction of sp³-hybridized carbons (Fsp3) is 0.167. The van der Waals surface area contributed by atoms with Crippen molar-refractivity contribution >= 4 is 17.3 Å². The Bertz CT molecular complexity index is 552. The molecule has 0 spiro atoms. The standard InChI is InChI=1S/C12H12F2N4/c1-7-16-10(15-2)6-11(17-7)18-12-8(13)4-3-5-9(12)14/h3-6H,1-2H3,(H2,15,16,17,18). The number of hydrogen-bond donors (Lipinski definition) is 2. The van der Waals surface area contributed by atoms with Crippen LogP contribution in [0.1, 0.15) is 5.82 Å². The van der Waals surface area contributed by atoms with Gasteiger partial charge in [0.25, 0.3) is 0 Å². The minimum atomic E-state index is -0.669. The molecule has 18 heavy (non-hydrogen) atoms. The molecule has 0 radical (unpaired) electrons. The molecule has 94 valence electrons. The molecule has 0 aliphatic heterocycles. The summed E-state index contributed by atoms with van der Waals surface area (Å²) in [6, 6.07) is 5.23. The van der Waals surface area contributed by atoms with Gasteiger partial charge in [0.05, 0.1) is 0 Å². The highest BCUT2D eigenvalue weighted by atomic mass is 19.1. The van der Waals surface area contributed by atoms with Crippen molar-refractivity contribution in [1.29, 1.82) is 0 Å². The van der Waals surface area contributed by atoms with Gasteiger partial charge in [0.2, 0.25) is 0 Å². The maximum atomic E-state index is 13.5. The molecular weight excluding hydrogens is 238 g/mol. The van der Waals surface area contributed by atoms with Gasteiger partial charge in [-0.1, -0.05) is 6.07 Å². The van der Waals surface area contributed by atoms with Gasteiger partial charge in [-0.05, 0) is 19.1 Å². The van der Waals surface area contributed by atoms with E-state index in [0.717, 1.165) is 0 Å². The highest BCUT2D eigenvalue weighted by Gasteiger charge is 2.10. The topological polar surface area (TPSA) is 49.8 Å². The van der Waals surface area contributed by atoms with Crippen molar-refractivity contribution in [3.63, 3.8) is 0 Å². The van der Waals surface area contributed by atoms with Gasteiger partial charge >= 0.3 is 0 Å². The minimum absolute atomic E-state index is 0.224. The van der Waals surface area contributed by atoms with E-state index in [1.807, 2.05) is 0 Å². The maximum absolute atomic E-state index is 13.5. The predicted molar refractivity (Wildman–Crippen MR) is 66.0 cm³/mol. The zero-order valence-electron chi connectivity index (χ0n) is 9.96. The SMILES string of the molecule is CNc1cc(Nc2c(F)cccc2F)nc(C)n1. The van der Waals surface area contributed by atoms with Gasteiger partial charge < -0.3 is 10.6 Å². The number of benzene rings is 1. The lowest BCUT2D eigenvalue weighted by molar-refractivity contribution is 0.590. The Labute approximate surface area is 103 Å². The first-order valence-corrected chi connectivity index (χ1v) is 5.34. The summed E-state index contributed by atoms with van der Waals surface area (Å²) in [5, 5.41) is 5.46. The molecule has 0 fully saturated rings. The molecule has 0 aliphatic rings. The van der Waals surface area contributed by atoms with E-state index in [4.69, 9.17) is 0 Å². The van der Waals surface area contributed by atoms with Gasteiger partial charge in [-0.3, -0.25) is 0 Å². The summed E-state index contributed by atoms with van der Waals surface area (Å²) in [7, 11) is 1.70. The molecule has 6 heteroatoms. The predicted octanol–water partition coefficient (Wildman–Crippen LogP) is 2.85. The van der Waals surface area contributed by atoms with Crippen LogP contribution in [0.3, 0.4) is 0 Å². The Kier molecular flexibility index (Phi) is 3.36. The summed E-state index contributed by atoms with van der Waals surface area (Å²) < 4.78 is 26.9. The lowest BCUT2D eigenvalue weighted by atomic mass is 10.3. The van der Waals surface area contributed by atoms with E-state index in [1.54, 1.807) is 20.0 Å². The van der Waals surface area contributed by atoms with E-state index in [-0.39, 0.29) is 5.69 Å². The van der Waals surface area contributed by atoms with Crippen LogP contribution in [0, 0.1) is 18.6 Å². The Hall–Kier alpha value is -2.24. The second-order valence-corrected chi connectivity index (χ2v) is 3.66.